The SMILES string of the molecule is O=C(CCCCCl)c1cccc(Br)c1. The second-order valence-corrected chi connectivity index (χ2v) is 4.37. The van der Waals surface area contributed by atoms with E-state index in [4.69, 9.17) is 11.6 Å². The Hall–Kier alpha value is -0.340. The Bertz CT molecular complexity index is 312. The maximum absolute atomic E-state index is 11.6. The zero-order valence-electron chi connectivity index (χ0n) is 7.80. The molecular formula is C11H12BrClO. The molecule has 0 fully saturated rings. The fourth-order valence-corrected chi connectivity index (χ4v) is 1.77. The summed E-state index contributed by atoms with van der Waals surface area (Å²) in [4.78, 5) is 11.6. The zero-order valence-corrected chi connectivity index (χ0v) is 10.1. The quantitative estimate of drug-likeness (QED) is 0.450. The van der Waals surface area contributed by atoms with Crippen LogP contribution in [0.25, 0.3) is 0 Å². The molecule has 1 aromatic carbocycles. The minimum absolute atomic E-state index is 0.191. The van der Waals surface area contributed by atoms with Gasteiger partial charge in [0.1, 0.15) is 0 Å². The van der Waals surface area contributed by atoms with E-state index in [1.54, 1.807) is 0 Å². The van der Waals surface area contributed by atoms with Crippen molar-refractivity contribution < 1.29 is 4.79 Å². The molecule has 0 aromatic heterocycles. The molecule has 0 saturated carbocycles. The van der Waals surface area contributed by atoms with Crippen LogP contribution in [0.2, 0.25) is 0 Å². The maximum Gasteiger partial charge on any atom is 0.162 e. The summed E-state index contributed by atoms with van der Waals surface area (Å²) in [6.45, 7) is 0. The van der Waals surface area contributed by atoms with Crippen LogP contribution in [0.5, 0.6) is 0 Å². The van der Waals surface area contributed by atoms with E-state index in [1.807, 2.05) is 24.3 Å². The first-order valence-corrected chi connectivity index (χ1v) is 5.91. The number of hydrogen-bond acceptors (Lipinski definition) is 1. The van der Waals surface area contributed by atoms with Gasteiger partial charge in [-0.25, -0.2) is 0 Å². The predicted molar refractivity (Wildman–Crippen MR) is 63.0 cm³/mol. The minimum atomic E-state index is 0.191. The molecule has 14 heavy (non-hydrogen) atoms. The number of unbranched alkanes of at least 4 members (excludes halogenated alkanes) is 1. The number of benzene rings is 1. The lowest BCUT2D eigenvalue weighted by Crippen LogP contribution is -1.98. The van der Waals surface area contributed by atoms with Crippen LogP contribution < -0.4 is 0 Å². The molecule has 1 aromatic rings. The summed E-state index contributed by atoms with van der Waals surface area (Å²) in [7, 11) is 0. The normalized spacial score (nSPS) is 10.1. The van der Waals surface area contributed by atoms with E-state index in [2.05, 4.69) is 15.9 Å². The molecule has 3 heteroatoms. The van der Waals surface area contributed by atoms with E-state index < -0.39 is 0 Å². The summed E-state index contributed by atoms with van der Waals surface area (Å²) < 4.78 is 0.945. The number of carbonyl (C=O) groups is 1. The van der Waals surface area contributed by atoms with Crippen LogP contribution in [0.3, 0.4) is 0 Å². The van der Waals surface area contributed by atoms with Gasteiger partial charge in [-0.2, -0.15) is 0 Å². The van der Waals surface area contributed by atoms with Crippen LogP contribution in [0, 0.1) is 0 Å². The zero-order chi connectivity index (χ0) is 10.4. The Morgan fingerprint density at radius 3 is 2.79 bits per heavy atom. The number of halogens is 2. The molecule has 0 aliphatic heterocycles. The molecule has 0 unspecified atom stereocenters. The lowest BCUT2D eigenvalue weighted by atomic mass is 10.1. The Labute approximate surface area is 97.6 Å². The highest BCUT2D eigenvalue weighted by Crippen LogP contribution is 2.14. The van der Waals surface area contributed by atoms with Gasteiger partial charge in [0.25, 0.3) is 0 Å². The van der Waals surface area contributed by atoms with Gasteiger partial charge in [-0.3, -0.25) is 4.79 Å². The highest BCUT2D eigenvalue weighted by atomic mass is 79.9. The van der Waals surface area contributed by atoms with Crippen molar-refractivity contribution in [2.75, 3.05) is 5.88 Å². The molecule has 0 atom stereocenters. The average Bonchev–Trinajstić information content (AvgIpc) is 2.18. The third-order valence-corrected chi connectivity index (χ3v) is 2.69. The van der Waals surface area contributed by atoms with E-state index >= 15 is 0 Å². The Morgan fingerprint density at radius 2 is 2.14 bits per heavy atom. The molecule has 0 radical (unpaired) electrons. The van der Waals surface area contributed by atoms with E-state index in [-0.39, 0.29) is 5.78 Å². The van der Waals surface area contributed by atoms with Crippen molar-refractivity contribution in [3.8, 4) is 0 Å². The van der Waals surface area contributed by atoms with E-state index in [1.165, 1.54) is 0 Å². The summed E-state index contributed by atoms with van der Waals surface area (Å²) >= 11 is 8.88. The van der Waals surface area contributed by atoms with Gasteiger partial charge in [0.05, 0.1) is 0 Å². The number of carbonyl (C=O) groups excluding carboxylic acids is 1. The van der Waals surface area contributed by atoms with Gasteiger partial charge < -0.3 is 0 Å². The molecule has 1 rings (SSSR count). The molecule has 0 bridgehead atoms. The number of Topliss-reactive ketones (excluding diaryl/α,β-unsaturated/α-hetero) is 1. The van der Waals surface area contributed by atoms with Crippen LogP contribution in [-0.2, 0) is 0 Å². The Kier molecular flexibility index (Phi) is 5.20. The third-order valence-electron chi connectivity index (χ3n) is 1.93. The van der Waals surface area contributed by atoms with Gasteiger partial charge in [0.15, 0.2) is 5.78 Å². The third kappa shape index (κ3) is 3.81. The molecule has 1 nitrogen and oxygen atoms in total. The number of alkyl halides is 1. The van der Waals surface area contributed by atoms with Crippen LogP contribution >= 0.6 is 27.5 Å². The minimum Gasteiger partial charge on any atom is -0.294 e. The average molecular weight is 276 g/mol. The molecular weight excluding hydrogens is 263 g/mol. The van der Waals surface area contributed by atoms with Gasteiger partial charge in [0, 0.05) is 22.3 Å². The fourth-order valence-electron chi connectivity index (χ4n) is 1.19. The number of rotatable bonds is 5. The second kappa shape index (κ2) is 6.20. The lowest BCUT2D eigenvalue weighted by Gasteiger charge is -2.00. The van der Waals surface area contributed by atoms with Crippen LogP contribution in [0.1, 0.15) is 29.6 Å². The van der Waals surface area contributed by atoms with Crippen molar-refractivity contribution in [3.63, 3.8) is 0 Å². The second-order valence-electron chi connectivity index (χ2n) is 3.08. The number of hydrogen-bond donors (Lipinski definition) is 0. The van der Waals surface area contributed by atoms with Gasteiger partial charge >= 0.3 is 0 Å². The van der Waals surface area contributed by atoms with Crippen molar-refractivity contribution in [1.29, 1.82) is 0 Å². The molecule has 76 valence electrons. The summed E-state index contributed by atoms with van der Waals surface area (Å²) in [5, 5.41) is 0. The lowest BCUT2D eigenvalue weighted by molar-refractivity contribution is 0.0980. The first-order chi connectivity index (χ1) is 6.74. The van der Waals surface area contributed by atoms with E-state index in [0.29, 0.717) is 12.3 Å². The van der Waals surface area contributed by atoms with E-state index in [9.17, 15) is 4.79 Å². The highest BCUT2D eigenvalue weighted by Gasteiger charge is 2.04. The molecule has 0 aliphatic carbocycles. The molecule has 0 amide bonds. The smallest absolute Gasteiger partial charge is 0.162 e. The molecule has 0 N–H and O–H groups in total. The van der Waals surface area contributed by atoms with Gasteiger partial charge in [-0.15, -0.1) is 11.6 Å². The standard InChI is InChI=1S/C11H12BrClO/c12-10-5-3-4-9(8-10)11(14)6-1-2-7-13/h3-5,8H,1-2,6-7H2. The van der Waals surface area contributed by atoms with E-state index in [0.717, 1.165) is 22.9 Å². The largest absolute Gasteiger partial charge is 0.294 e. The maximum atomic E-state index is 11.6. The summed E-state index contributed by atoms with van der Waals surface area (Å²) in [5.41, 5.74) is 0.772. The Morgan fingerprint density at radius 1 is 1.36 bits per heavy atom. The first-order valence-electron chi connectivity index (χ1n) is 4.59. The van der Waals surface area contributed by atoms with Gasteiger partial charge in [0.2, 0.25) is 0 Å². The summed E-state index contributed by atoms with van der Waals surface area (Å²) in [5.74, 6) is 0.822. The first kappa shape index (κ1) is 11.7. The summed E-state index contributed by atoms with van der Waals surface area (Å²) in [6, 6.07) is 7.48. The van der Waals surface area contributed by atoms with Crippen LogP contribution in [0.4, 0.5) is 0 Å². The van der Waals surface area contributed by atoms with Crippen molar-refractivity contribution >= 4 is 33.3 Å². The molecule has 0 aliphatic rings. The predicted octanol–water partition coefficient (Wildman–Crippen LogP) is 4.04. The highest BCUT2D eigenvalue weighted by molar-refractivity contribution is 9.10. The molecule has 0 spiro atoms. The topological polar surface area (TPSA) is 17.1 Å². The van der Waals surface area contributed by atoms with Crippen molar-refractivity contribution in [2.45, 2.75) is 19.3 Å². The number of ketones is 1. The van der Waals surface area contributed by atoms with Crippen molar-refractivity contribution in [1.82, 2.24) is 0 Å². The van der Waals surface area contributed by atoms with Gasteiger partial charge in [-0.05, 0) is 25.0 Å². The van der Waals surface area contributed by atoms with Crippen LogP contribution in [0.15, 0.2) is 28.7 Å². The Balaban J connectivity index is 2.52. The van der Waals surface area contributed by atoms with Crippen LogP contribution in [-0.4, -0.2) is 11.7 Å². The molecule has 0 saturated heterocycles. The fraction of sp³-hybridized carbons (Fsp3) is 0.364. The summed E-state index contributed by atoms with van der Waals surface area (Å²) in [6.07, 6.45) is 2.36. The van der Waals surface area contributed by atoms with Crippen molar-refractivity contribution in [3.05, 3.63) is 34.3 Å². The monoisotopic (exact) mass is 274 g/mol. The van der Waals surface area contributed by atoms with Crippen molar-refractivity contribution in [2.24, 2.45) is 0 Å². The van der Waals surface area contributed by atoms with Gasteiger partial charge in [-0.1, -0.05) is 28.1 Å². The molecule has 0 heterocycles.